The maximum Gasteiger partial charge on any atom is 0.245 e. The van der Waals surface area contributed by atoms with Gasteiger partial charge in [-0.1, -0.05) is 38.5 Å². The van der Waals surface area contributed by atoms with Crippen LogP contribution in [0.25, 0.3) is 0 Å². The molecule has 1 amide bonds. The second-order valence-corrected chi connectivity index (χ2v) is 6.23. The Hall–Kier alpha value is -2.48. The Morgan fingerprint density at radius 1 is 1.30 bits per heavy atom. The summed E-state index contributed by atoms with van der Waals surface area (Å²) in [7, 11) is 3.03. The van der Waals surface area contributed by atoms with Crippen molar-refractivity contribution in [2.75, 3.05) is 14.2 Å². The number of nitriles is 1. The Labute approximate surface area is 137 Å². The lowest BCUT2D eigenvalue weighted by atomic mass is 9.87. The van der Waals surface area contributed by atoms with E-state index < -0.39 is 6.04 Å². The number of rotatable bonds is 5. The van der Waals surface area contributed by atoms with E-state index in [4.69, 9.17) is 9.47 Å². The molecule has 0 aliphatic heterocycles. The van der Waals surface area contributed by atoms with Gasteiger partial charge in [0.05, 0.1) is 20.3 Å². The van der Waals surface area contributed by atoms with E-state index in [-0.39, 0.29) is 11.3 Å². The summed E-state index contributed by atoms with van der Waals surface area (Å²) in [5.74, 6) is 0.646. The zero-order chi connectivity index (χ0) is 17.6. The van der Waals surface area contributed by atoms with Gasteiger partial charge in [0.1, 0.15) is 6.04 Å². The van der Waals surface area contributed by atoms with Gasteiger partial charge in [-0.2, -0.15) is 5.26 Å². The number of nitrogens with one attached hydrogen (secondary N) is 1. The molecule has 0 saturated carbocycles. The van der Waals surface area contributed by atoms with E-state index in [9.17, 15) is 10.1 Å². The lowest BCUT2D eigenvalue weighted by molar-refractivity contribution is -0.117. The first kappa shape index (κ1) is 18.6. The predicted molar refractivity (Wildman–Crippen MR) is 89.3 cm³/mol. The number of carbonyl (C=O) groups excluding carboxylic acids is 1. The first-order chi connectivity index (χ1) is 10.7. The average Bonchev–Trinajstić information content (AvgIpc) is 2.50. The van der Waals surface area contributed by atoms with Gasteiger partial charge in [-0.05, 0) is 18.4 Å². The van der Waals surface area contributed by atoms with Gasteiger partial charge in [-0.3, -0.25) is 4.79 Å². The van der Waals surface area contributed by atoms with Crippen molar-refractivity contribution in [1.29, 1.82) is 5.26 Å². The highest BCUT2D eigenvalue weighted by Crippen LogP contribution is 2.34. The summed E-state index contributed by atoms with van der Waals surface area (Å²) in [6.45, 7) is 7.98. The Kier molecular flexibility index (Phi) is 6.20. The number of amides is 1. The third-order valence-corrected chi connectivity index (χ3v) is 3.69. The van der Waals surface area contributed by atoms with Crippen LogP contribution < -0.4 is 14.8 Å². The normalized spacial score (nSPS) is 13.0. The molecule has 5 nitrogen and oxygen atoms in total. The molecule has 1 N–H and O–H groups in total. The smallest absolute Gasteiger partial charge is 0.245 e. The summed E-state index contributed by atoms with van der Waals surface area (Å²) in [5, 5.41) is 12.1. The number of para-hydroxylation sites is 1. The number of methoxy groups -OCH3 is 2. The summed E-state index contributed by atoms with van der Waals surface area (Å²) in [5.41, 5.74) is 1.39. The van der Waals surface area contributed by atoms with E-state index in [1.165, 1.54) is 20.3 Å². The Bertz CT molecular complexity index is 637. The fraction of sp³-hybridized carbons (Fsp3) is 0.444. The van der Waals surface area contributed by atoms with Crippen LogP contribution in [0.1, 0.15) is 39.3 Å². The van der Waals surface area contributed by atoms with Crippen LogP contribution in [0.15, 0.2) is 29.8 Å². The highest BCUT2D eigenvalue weighted by Gasteiger charge is 2.21. The van der Waals surface area contributed by atoms with Gasteiger partial charge >= 0.3 is 0 Å². The highest BCUT2D eigenvalue weighted by atomic mass is 16.5. The molecule has 0 aliphatic carbocycles. The molecule has 124 valence electrons. The molecule has 0 heterocycles. The minimum absolute atomic E-state index is 0.104. The van der Waals surface area contributed by atoms with Crippen molar-refractivity contribution in [3.8, 4) is 17.6 Å². The lowest BCUT2D eigenvalue weighted by Crippen LogP contribution is -2.27. The third-order valence-electron chi connectivity index (χ3n) is 3.69. The summed E-state index contributed by atoms with van der Waals surface area (Å²) >= 11 is 0. The van der Waals surface area contributed by atoms with Crippen LogP contribution in [0.4, 0.5) is 0 Å². The van der Waals surface area contributed by atoms with Gasteiger partial charge in [-0.25, -0.2) is 0 Å². The highest BCUT2D eigenvalue weighted by molar-refractivity contribution is 5.89. The maximum absolute atomic E-state index is 12.2. The first-order valence-electron chi connectivity index (χ1n) is 7.34. The van der Waals surface area contributed by atoms with E-state index in [1.807, 2.05) is 27.7 Å². The molecule has 0 saturated heterocycles. The number of carbonyl (C=O) groups is 1. The fourth-order valence-electron chi connectivity index (χ4n) is 1.92. The molecule has 0 bridgehead atoms. The van der Waals surface area contributed by atoms with Crippen LogP contribution in [-0.2, 0) is 4.79 Å². The zero-order valence-corrected chi connectivity index (χ0v) is 14.6. The largest absolute Gasteiger partial charge is 0.493 e. The molecule has 23 heavy (non-hydrogen) atoms. The van der Waals surface area contributed by atoms with Crippen molar-refractivity contribution in [2.45, 2.75) is 33.7 Å². The molecule has 1 aromatic carbocycles. The van der Waals surface area contributed by atoms with Gasteiger partial charge in [0.15, 0.2) is 11.5 Å². The Morgan fingerprint density at radius 2 is 1.96 bits per heavy atom. The van der Waals surface area contributed by atoms with Crippen molar-refractivity contribution in [2.24, 2.45) is 5.41 Å². The Morgan fingerprint density at radius 3 is 2.43 bits per heavy atom. The molecule has 0 aliphatic rings. The zero-order valence-electron chi connectivity index (χ0n) is 14.6. The van der Waals surface area contributed by atoms with E-state index in [0.717, 1.165) is 5.57 Å². The number of hydrogen-bond acceptors (Lipinski definition) is 4. The minimum atomic E-state index is -0.823. The van der Waals surface area contributed by atoms with Crippen LogP contribution in [-0.4, -0.2) is 20.1 Å². The molecule has 0 aromatic heterocycles. The fourth-order valence-corrected chi connectivity index (χ4v) is 1.92. The minimum Gasteiger partial charge on any atom is -0.493 e. The van der Waals surface area contributed by atoms with Gasteiger partial charge in [0, 0.05) is 11.6 Å². The van der Waals surface area contributed by atoms with Crippen molar-refractivity contribution in [3.05, 3.63) is 35.4 Å². The van der Waals surface area contributed by atoms with Crippen LogP contribution >= 0.6 is 0 Å². The topological polar surface area (TPSA) is 71.3 Å². The van der Waals surface area contributed by atoms with Crippen molar-refractivity contribution < 1.29 is 14.3 Å². The van der Waals surface area contributed by atoms with Crippen LogP contribution in [0.2, 0.25) is 0 Å². The van der Waals surface area contributed by atoms with E-state index in [0.29, 0.717) is 17.1 Å². The van der Waals surface area contributed by atoms with Crippen molar-refractivity contribution in [1.82, 2.24) is 5.32 Å². The number of ether oxygens (including phenoxy) is 2. The van der Waals surface area contributed by atoms with Gasteiger partial charge in [0.2, 0.25) is 5.91 Å². The summed E-state index contributed by atoms with van der Waals surface area (Å²) in [4.78, 5) is 12.2. The quantitative estimate of drug-likeness (QED) is 0.845. The number of hydrogen-bond donors (Lipinski definition) is 1. The molecule has 1 unspecified atom stereocenters. The van der Waals surface area contributed by atoms with E-state index in [1.54, 1.807) is 18.2 Å². The van der Waals surface area contributed by atoms with E-state index >= 15 is 0 Å². The van der Waals surface area contributed by atoms with Gasteiger partial charge in [0.25, 0.3) is 0 Å². The first-order valence-corrected chi connectivity index (χ1v) is 7.34. The van der Waals surface area contributed by atoms with E-state index in [2.05, 4.69) is 11.4 Å². The Balaban J connectivity index is 3.08. The van der Waals surface area contributed by atoms with Gasteiger partial charge < -0.3 is 14.8 Å². The number of benzene rings is 1. The molecule has 1 rings (SSSR count). The molecule has 5 heteroatoms. The van der Waals surface area contributed by atoms with Crippen LogP contribution in [0, 0.1) is 16.7 Å². The molecule has 0 spiro atoms. The maximum atomic E-state index is 12.2. The second-order valence-electron chi connectivity index (χ2n) is 6.23. The van der Waals surface area contributed by atoms with Crippen molar-refractivity contribution in [3.63, 3.8) is 0 Å². The summed E-state index contributed by atoms with van der Waals surface area (Å²) in [6, 6.07) is 6.49. The second kappa shape index (κ2) is 7.68. The average molecular weight is 316 g/mol. The monoisotopic (exact) mass is 316 g/mol. The molecular formula is C18H24N2O3. The van der Waals surface area contributed by atoms with Crippen LogP contribution in [0.5, 0.6) is 11.5 Å². The standard InChI is InChI=1S/C18H24N2O3/c1-12(18(2,3)4)10-16(21)20-14(11-19)13-8-7-9-15(22-5)17(13)23-6/h7-10,14H,1-6H3,(H,20,21). The molecular weight excluding hydrogens is 292 g/mol. The molecule has 1 aromatic rings. The lowest BCUT2D eigenvalue weighted by Gasteiger charge is -2.20. The molecule has 0 fully saturated rings. The third kappa shape index (κ3) is 4.75. The summed E-state index contributed by atoms with van der Waals surface area (Å²) in [6.07, 6.45) is 1.52. The molecule has 0 radical (unpaired) electrons. The van der Waals surface area contributed by atoms with Crippen molar-refractivity contribution >= 4 is 5.91 Å². The predicted octanol–water partition coefficient (Wildman–Crippen LogP) is 3.38. The van der Waals surface area contributed by atoms with Gasteiger partial charge in [-0.15, -0.1) is 0 Å². The van der Waals surface area contributed by atoms with Crippen LogP contribution in [0.3, 0.4) is 0 Å². The number of nitrogens with zero attached hydrogens (tertiary/aromatic N) is 1. The molecule has 1 atom stereocenters. The summed E-state index contributed by atoms with van der Waals surface area (Å²) < 4.78 is 10.6. The number of allylic oxidation sites excluding steroid dienone is 1. The SMILES string of the molecule is COc1cccc(C(C#N)NC(=O)C=C(C)C(C)(C)C)c1OC.